The maximum absolute atomic E-state index is 12.5. The van der Waals surface area contributed by atoms with Crippen LogP contribution in [0.2, 0.25) is 0 Å². The van der Waals surface area contributed by atoms with Crippen molar-refractivity contribution in [2.24, 2.45) is 0 Å². The summed E-state index contributed by atoms with van der Waals surface area (Å²) in [5.74, 6) is 1.30. The summed E-state index contributed by atoms with van der Waals surface area (Å²) < 4.78 is 5.26. The maximum Gasteiger partial charge on any atom is 0.236 e. The molecule has 0 saturated carbocycles. The first-order valence-corrected chi connectivity index (χ1v) is 10.6. The molecule has 0 unspecified atom stereocenters. The highest BCUT2D eigenvalue weighted by Crippen LogP contribution is 2.21. The molecule has 2 aromatic rings. The molecule has 0 bridgehead atoms. The molecule has 0 N–H and O–H groups in total. The Morgan fingerprint density at radius 2 is 1.96 bits per heavy atom. The van der Waals surface area contributed by atoms with E-state index < -0.39 is 0 Å². The highest BCUT2D eigenvalue weighted by atomic mass is 32.1. The summed E-state index contributed by atoms with van der Waals surface area (Å²) in [6, 6.07) is 3.88. The van der Waals surface area contributed by atoms with Gasteiger partial charge in [-0.05, 0) is 25.3 Å². The number of hydrogen-bond donors (Lipinski definition) is 0. The molecule has 0 aromatic carbocycles. The zero-order valence-electron chi connectivity index (χ0n) is 16.5. The van der Waals surface area contributed by atoms with E-state index in [1.807, 2.05) is 41.2 Å². The van der Waals surface area contributed by atoms with Gasteiger partial charge in [0.2, 0.25) is 23.5 Å². The van der Waals surface area contributed by atoms with Crippen LogP contribution in [0, 0.1) is 0 Å². The average Bonchev–Trinajstić information content (AvgIpc) is 3.39. The Morgan fingerprint density at radius 3 is 2.61 bits per heavy atom. The van der Waals surface area contributed by atoms with Crippen LogP contribution in [-0.4, -0.2) is 82.5 Å². The van der Waals surface area contributed by atoms with Crippen molar-refractivity contribution in [3.63, 3.8) is 0 Å². The van der Waals surface area contributed by atoms with Crippen LogP contribution in [0.5, 0.6) is 0 Å². The molecule has 2 amide bonds. The van der Waals surface area contributed by atoms with Crippen LogP contribution in [0.15, 0.2) is 22.0 Å². The number of aryl methyl sites for hydroxylation is 1. The van der Waals surface area contributed by atoms with Gasteiger partial charge in [-0.1, -0.05) is 11.2 Å². The fourth-order valence-electron chi connectivity index (χ4n) is 3.26. The third kappa shape index (κ3) is 5.17. The van der Waals surface area contributed by atoms with Gasteiger partial charge in [-0.3, -0.25) is 14.5 Å². The molecule has 8 nitrogen and oxygen atoms in total. The van der Waals surface area contributed by atoms with E-state index in [0.717, 1.165) is 31.1 Å². The second kappa shape index (κ2) is 9.79. The predicted molar refractivity (Wildman–Crippen MR) is 107 cm³/mol. The fourth-order valence-corrected chi connectivity index (χ4v) is 3.91. The summed E-state index contributed by atoms with van der Waals surface area (Å²) in [6.45, 7) is 8.62. The molecule has 9 heteroatoms. The largest absolute Gasteiger partial charge is 0.342 e. The highest BCUT2D eigenvalue weighted by Gasteiger charge is 2.24. The van der Waals surface area contributed by atoms with Crippen LogP contribution in [0.4, 0.5) is 0 Å². The Hall–Kier alpha value is -2.26. The van der Waals surface area contributed by atoms with Crippen molar-refractivity contribution in [3.8, 4) is 10.7 Å². The van der Waals surface area contributed by atoms with E-state index in [9.17, 15) is 9.59 Å². The molecule has 2 aromatic heterocycles. The van der Waals surface area contributed by atoms with Crippen molar-refractivity contribution >= 4 is 23.2 Å². The van der Waals surface area contributed by atoms with E-state index in [2.05, 4.69) is 15.0 Å². The Morgan fingerprint density at radius 1 is 1.21 bits per heavy atom. The molecule has 1 saturated heterocycles. The van der Waals surface area contributed by atoms with Crippen molar-refractivity contribution in [3.05, 3.63) is 23.4 Å². The molecule has 1 aliphatic heterocycles. The van der Waals surface area contributed by atoms with Gasteiger partial charge in [0.25, 0.3) is 0 Å². The van der Waals surface area contributed by atoms with Crippen molar-refractivity contribution in [2.45, 2.75) is 26.7 Å². The van der Waals surface area contributed by atoms with E-state index in [0.29, 0.717) is 44.2 Å². The zero-order chi connectivity index (χ0) is 19.9. The summed E-state index contributed by atoms with van der Waals surface area (Å²) in [6.07, 6.45) is 0.794. The van der Waals surface area contributed by atoms with Gasteiger partial charge < -0.3 is 14.3 Å². The number of likely N-dealkylation sites (N-methyl/N-ethyl adjacent to an activating group) is 1. The monoisotopic (exact) mass is 405 g/mol. The lowest BCUT2D eigenvalue weighted by Crippen LogP contribution is -2.51. The summed E-state index contributed by atoms with van der Waals surface area (Å²) in [5.41, 5.74) is 0. The third-order valence-corrected chi connectivity index (χ3v) is 5.83. The Balaban J connectivity index is 1.41. The summed E-state index contributed by atoms with van der Waals surface area (Å²) in [4.78, 5) is 35.8. The molecular formula is C19H27N5O3S. The van der Waals surface area contributed by atoms with Crippen molar-refractivity contribution in [2.75, 3.05) is 45.8 Å². The molecule has 0 atom stereocenters. The van der Waals surface area contributed by atoms with E-state index in [4.69, 9.17) is 4.52 Å². The second-order valence-corrected chi connectivity index (χ2v) is 7.66. The van der Waals surface area contributed by atoms with Crippen molar-refractivity contribution < 1.29 is 14.1 Å². The number of rotatable bonds is 8. The highest BCUT2D eigenvalue weighted by molar-refractivity contribution is 7.13. The first kappa shape index (κ1) is 20.5. The fraction of sp³-hybridized carbons (Fsp3) is 0.579. The quantitative estimate of drug-likeness (QED) is 0.665. The van der Waals surface area contributed by atoms with E-state index in [1.54, 1.807) is 11.3 Å². The summed E-state index contributed by atoms with van der Waals surface area (Å²) >= 11 is 1.55. The number of carbonyl (C=O) groups is 2. The first-order valence-electron chi connectivity index (χ1n) is 9.75. The molecular weight excluding hydrogens is 378 g/mol. The molecule has 3 heterocycles. The lowest BCUT2D eigenvalue weighted by atomic mass is 10.2. The number of hydrogen-bond acceptors (Lipinski definition) is 7. The minimum absolute atomic E-state index is 0.0885. The smallest absolute Gasteiger partial charge is 0.236 e. The van der Waals surface area contributed by atoms with Gasteiger partial charge in [0.1, 0.15) is 0 Å². The van der Waals surface area contributed by atoms with Gasteiger partial charge >= 0.3 is 0 Å². The van der Waals surface area contributed by atoms with Crippen LogP contribution in [0.1, 0.15) is 26.2 Å². The summed E-state index contributed by atoms with van der Waals surface area (Å²) in [5, 5.41) is 5.93. The van der Waals surface area contributed by atoms with E-state index >= 15 is 0 Å². The lowest BCUT2D eigenvalue weighted by molar-refractivity contribution is -0.135. The lowest BCUT2D eigenvalue weighted by Gasteiger charge is -2.35. The number of piperazine rings is 1. The van der Waals surface area contributed by atoms with Gasteiger partial charge in [-0.15, -0.1) is 11.3 Å². The number of nitrogens with zero attached hydrogens (tertiary/aromatic N) is 5. The van der Waals surface area contributed by atoms with Crippen LogP contribution in [-0.2, 0) is 16.0 Å². The average molecular weight is 406 g/mol. The third-order valence-electron chi connectivity index (χ3n) is 4.96. The zero-order valence-corrected chi connectivity index (χ0v) is 17.3. The molecule has 152 valence electrons. The molecule has 3 rings (SSSR count). The second-order valence-electron chi connectivity index (χ2n) is 6.71. The Kier molecular flexibility index (Phi) is 7.16. The van der Waals surface area contributed by atoms with Crippen LogP contribution in [0.25, 0.3) is 10.7 Å². The first-order chi connectivity index (χ1) is 13.6. The molecule has 28 heavy (non-hydrogen) atoms. The molecule has 0 spiro atoms. The number of aromatic nitrogens is 2. The topological polar surface area (TPSA) is 82.8 Å². The van der Waals surface area contributed by atoms with Gasteiger partial charge in [0.05, 0.1) is 11.4 Å². The number of amides is 2. The minimum Gasteiger partial charge on any atom is -0.342 e. The summed E-state index contributed by atoms with van der Waals surface area (Å²) in [7, 11) is 0. The maximum atomic E-state index is 12.5. The van der Waals surface area contributed by atoms with Crippen LogP contribution in [0.3, 0.4) is 0 Å². The predicted octanol–water partition coefficient (Wildman–Crippen LogP) is 1.74. The van der Waals surface area contributed by atoms with Crippen LogP contribution < -0.4 is 0 Å². The van der Waals surface area contributed by atoms with Crippen LogP contribution >= 0.6 is 11.3 Å². The standard InChI is InChI=1S/C19H27N5O3S/c1-3-23(4-2)18(26)14-22-9-11-24(12-10-22)17(25)8-7-16-20-19(21-27-16)15-6-5-13-28-15/h5-6,13H,3-4,7-12,14H2,1-2H3. The Bertz CT molecular complexity index is 764. The van der Waals surface area contributed by atoms with Gasteiger partial charge in [-0.25, -0.2) is 0 Å². The number of carbonyl (C=O) groups excluding carboxylic acids is 2. The van der Waals surface area contributed by atoms with Crippen molar-refractivity contribution in [1.29, 1.82) is 0 Å². The molecule has 1 aliphatic rings. The van der Waals surface area contributed by atoms with E-state index in [-0.39, 0.29) is 11.8 Å². The van der Waals surface area contributed by atoms with Gasteiger partial charge in [0.15, 0.2) is 0 Å². The number of thiophene rings is 1. The van der Waals surface area contributed by atoms with Gasteiger partial charge in [-0.2, -0.15) is 4.98 Å². The minimum atomic E-state index is 0.0885. The Labute approximate surface area is 169 Å². The molecule has 0 aliphatic carbocycles. The SMILES string of the molecule is CCN(CC)C(=O)CN1CCN(C(=O)CCc2nc(-c3cccs3)no2)CC1. The molecule has 1 fully saturated rings. The van der Waals surface area contributed by atoms with Gasteiger partial charge in [0, 0.05) is 52.1 Å². The van der Waals surface area contributed by atoms with Crippen molar-refractivity contribution in [1.82, 2.24) is 24.8 Å². The normalized spacial score (nSPS) is 15.0. The molecule has 0 radical (unpaired) electrons. The van der Waals surface area contributed by atoms with E-state index in [1.165, 1.54) is 0 Å².